The summed E-state index contributed by atoms with van der Waals surface area (Å²) >= 11 is 0. The standard InChI is InChI=1S/C18H18FN3O2/c19-18-14(16-9-11-8-12(23)3-5-15(11)20-16)4-6-17(21-18)22-7-1-2-13(24)10-22/h3-6,8-9,13,20,23-24H,1-2,7,10H2/t13-/m1/s1. The van der Waals surface area contributed by atoms with Crippen LogP contribution in [0.1, 0.15) is 12.8 Å². The number of piperidine rings is 1. The van der Waals surface area contributed by atoms with E-state index in [0.717, 1.165) is 30.3 Å². The molecular formula is C18H18FN3O2. The first kappa shape index (κ1) is 15.0. The number of aliphatic hydroxyl groups excluding tert-OH is 1. The predicted molar refractivity (Wildman–Crippen MR) is 90.6 cm³/mol. The lowest BCUT2D eigenvalue weighted by atomic mass is 10.1. The summed E-state index contributed by atoms with van der Waals surface area (Å²) in [7, 11) is 0. The maximum Gasteiger partial charge on any atom is 0.224 e. The average molecular weight is 327 g/mol. The number of aliphatic hydroxyl groups is 1. The van der Waals surface area contributed by atoms with Crippen molar-refractivity contribution < 1.29 is 14.6 Å². The molecule has 24 heavy (non-hydrogen) atoms. The van der Waals surface area contributed by atoms with E-state index in [-0.39, 0.29) is 11.9 Å². The smallest absolute Gasteiger partial charge is 0.224 e. The Hall–Kier alpha value is -2.60. The van der Waals surface area contributed by atoms with E-state index in [9.17, 15) is 14.6 Å². The number of phenols is 1. The fourth-order valence-electron chi connectivity index (χ4n) is 3.23. The van der Waals surface area contributed by atoms with Crippen LogP contribution < -0.4 is 4.90 Å². The maximum atomic E-state index is 14.5. The number of benzene rings is 1. The van der Waals surface area contributed by atoms with Crippen LogP contribution in [0.4, 0.5) is 10.2 Å². The van der Waals surface area contributed by atoms with Crippen LogP contribution in [0.25, 0.3) is 22.2 Å². The highest BCUT2D eigenvalue weighted by Crippen LogP contribution is 2.29. The van der Waals surface area contributed by atoms with Crippen LogP contribution in [0.15, 0.2) is 36.4 Å². The zero-order chi connectivity index (χ0) is 16.7. The number of β-amino-alcohol motifs (C(OH)–C–C–N with tert-alkyl or cyclic N) is 1. The number of aromatic nitrogens is 2. The monoisotopic (exact) mass is 327 g/mol. The van der Waals surface area contributed by atoms with E-state index >= 15 is 0 Å². The molecule has 6 heteroatoms. The lowest BCUT2D eigenvalue weighted by Gasteiger charge is -2.31. The normalized spacial score (nSPS) is 18.2. The minimum atomic E-state index is -0.552. The molecule has 0 bridgehead atoms. The number of nitrogens with zero attached hydrogens (tertiary/aromatic N) is 2. The summed E-state index contributed by atoms with van der Waals surface area (Å²) in [6, 6.07) is 10.2. The van der Waals surface area contributed by atoms with Gasteiger partial charge >= 0.3 is 0 Å². The Morgan fingerprint density at radius 1 is 1.21 bits per heavy atom. The van der Waals surface area contributed by atoms with Crippen molar-refractivity contribution in [3.8, 4) is 17.0 Å². The van der Waals surface area contributed by atoms with E-state index < -0.39 is 5.95 Å². The van der Waals surface area contributed by atoms with E-state index in [0.29, 0.717) is 23.6 Å². The van der Waals surface area contributed by atoms with E-state index in [2.05, 4.69) is 9.97 Å². The summed E-state index contributed by atoms with van der Waals surface area (Å²) in [5.41, 5.74) is 1.82. The van der Waals surface area contributed by atoms with E-state index in [1.54, 1.807) is 36.4 Å². The maximum absolute atomic E-state index is 14.5. The van der Waals surface area contributed by atoms with Gasteiger partial charge in [-0.1, -0.05) is 0 Å². The number of halogens is 1. The molecule has 1 saturated heterocycles. The van der Waals surface area contributed by atoms with Crippen LogP contribution in [0.2, 0.25) is 0 Å². The molecule has 5 nitrogen and oxygen atoms in total. The van der Waals surface area contributed by atoms with Gasteiger partial charge in [-0.25, -0.2) is 4.98 Å². The van der Waals surface area contributed by atoms with Crippen molar-refractivity contribution in [1.29, 1.82) is 0 Å². The molecule has 1 atom stereocenters. The predicted octanol–water partition coefficient (Wildman–Crippen LogP) is 3.04. The van der Waals surface area contributed by atoms with Gasteiger partial charge in [-0.3, -0.25) is 0 Å². The van der Waals surface area contributed by atoms with Gasteiger partial charge < -0.3 is 20.1 Å². The fourth-order valence-corrected chi connectivity index (χ4v) is 3.23. The van der Waals surface area contributed by atoms with Gasteiger partial charge in [-0.2, -0.15) is 4.39 Å². The Morgan fingerprint density at radius 2 is 2.08 bits per heavy atom. The van der Waals surface area contributed by atoms with Crippen LogP contribution >= 0.6 is 0 Å². The minimum absolute atomic E-state index is 0.172. The third kappa shape index (κ3) is 2.69. The Bertz CT molecular complexity index is 893. The summed E-state index contributed by atoms with van der Waals surface area (Å²) in [6.45, 7) is 1.26. The van der Waals surface area contributed by atoms with E-state index in [4.69, 9.17) is 0 Å². The van der Waals surface area contributed by atoms with Crippen LogP contribution in [0.3, 0.4) is 0 Å². The number of nitrogens with one attached hydrogen (secondary N) is 1. The number of aromatic hydroxyl groups is 1. The number of fused-ring (bicyclic) bond motifs is 1. The molecule has 3 aromatic rings. The van der Waals surface area contributed by atoms with Gasteiger partial charge in [0.05, 0.1) is 17.4 Å². The van der Waals surface area contributed by atoms with E-state index in [1.165, 1.54) is 0 Å². The van der Waals surface area contributed by atoms with Crippen LogP contribution in [-0.2, 0) is 0 Å². The van der Waals surface area contributed by atoms with Crippen molar-refractivity contribution in [2.24, 2.45) is 0 Å². The summed E-state index contributed by atoms with van der Waals surface area (Å²) in [5.74, 6) is 0.165. The van der Waals surface area contributed by atoms with Crippen molar-refractivity contribution in [3.05, 3.63) is 42.3 Å². The molecule has 3 heterocycles. The molecule has 1 aliphatic heterocycles. The molecule has 0 unspecified atom stereocenters. The largest absolute Gasteiger partial charge is 0.508 e. The SMILES string of the molecule is Oc1ccc2[nH]c(-c3ccc(N4CCC[C@@H](O)C4)nc3F)cc2c1. The highest BCUT2D eigenvalue weighted by molar-refractivity contribution is 5.87. The molecule has 0 radical (unpaired) electrons. The molecule has 3 N–H and O–H groups in total. The zero-order valence-electron chi connectivity index (χ0n) is 13.0. The van der Waals surface area contributed by atoms with Gasteiger partial charge in [0, 0.05) is 24.0 Å². The minimum Gasteiger partial charge on any atom is -0.508 e. The summed E-state index contributed by atoms with van der Waals surface area (Å²) in [4.78, 5) is 9.12. The van der Waals surface area contributed by atoms with Gasteiger partial charge in [0.25, 0.3) is 0 Å². The van der Waals surface area contributed by atoms with Crippen molar-refractivity contribution >= 4 is 16.7 Å². The van der Waals surface area contributed by atoms with Crippen LogP contribution in [0.5, 0.6) is 5.75 Å². The number of aromatic amines is 1. The molecule has 0 saturated carbocycles. The third-order valence-corrected chi connectivity index (χ3v) is 4.45. The second-order valence-electron chi connectivity index (χ2n) is 6.20. The third-order valence-electron chi connectivity index (χ3n) is 4.45. The first-order valence-corrected chi connectivity index (χ1v) is 8.02. The number of phenolic OH excluding ortho intramolecular Hbond substituents is 1. The van der Waals surface area contributed by atoms with Crippen LogP contribution in [-0.4, -0.2) is 39.4 Å². The van der Waals surface area contributed by atoms with E-state index in [1.807, 2.05) is 4.90 Å². The number of rotatable bonds is 2. The lowest BCUT2D eigenvalue weighted by Crippen LogP contribution is -2.38. The Balaban J connectivity index is 1.68. The second kappa shape index (κ2) is 5.79. The molecule has 1 aromatic carbocycles. The number of H-pyrrole nitrogens is 1. The fraction of sp³-hybridized carbons (Fsp3) is 0.278. The molecule has 1 fully saturated rings. The number of pyridine rings is 1. The summed E-state index contributed by atoms with van der Waals surface area (Å²) < 4.78 is 14.5. The first-order valence-electron chi connectivity index (χ1n) is 8.02. The summed E-state index contributed by atoms with van der Waals surface area (Å²) in [6.07, 6.45) is 1.26. The Labute approximate surface area is 138 Å². The lowest BCUT2D eigenvalue weighted by molar-refractivity contribution is 0.154. The second-order valence-corrected chi connectivity index (χ2v) is 6.20. The molecule has 0 aliphatic carbocycles. The molecule has 124 valence electrons. The van der Waals surface area contributed by atoms with Gasteiger partial charge in [-0.15, -0.1) is 0 Å². The first-order chi connectivity index (χ1) is 11.6. The average Bonchev–Trinajstić information content (AvgIpc) is 2.97. The van der Waals surface area contributed by atoms with Gasteiger partial charge in [0.2, 0.25) is 5.95 Å². The van der Waals surface area contributed by atoms with Gasteiger partial charge in [0.1, 0.15) is 11.6 Å². The van der Waals surface area contributed by atoms with Crippen molar-refractivity contribution in [2.45, 2.75) is 18.9 Å². The quantitative estimate of drug-likeness (QED) is 0.633. The number of anilines is 1. The zero-order valence-corrected chi connectivity index (χ0v) is 13.0. The number of hydrogen-bond acceptors (Lipinski definition) is 4. The highest BCUT2D eigenvalue weighted by atomic mass is 19.1. The topological polar surface area (TPSA) is 72.4 Å². The molecule has 4 rings (SSSR count). The van der Waals surface area contributed by atoms with Crippen LogP contribution in [0, 0.1) is 5.95 Å². The van der Waals surface area contributed by atoms with Crippen molar-refractivity contribution in [1.82, 2.24) is 9.97 Å². The van der Waals surface area contributed by atoms with Crippen molar-refractivity contribution in [3.63, 3.8) is 0 Å². The number of hydrogen-bond donors (Lipinski definition) is 3. The Kier molecular flexibility index (Phi) is 3.61. The van der Waals surface area contributed by atoms with Crippen molar-refractivity contribution in [2.75, 3.05) is 18.0 Å². The van der Waals surface area contributed by atoms with Gasteiger partial charge in [-0.05, 0) is 49.2 Å². The molecule has 1 aliphatic rings. The Morgan fingerprint density at radius 3 is 2.88 bits per heavy atom. The molecule has 0 amide bonds. The molecule has 2 aromatic heterocycles. The molecular weight excluding hydrogens is 309 g/mol. The molecule has 0 spiro atoms. The van der Waals surface area contributed by atoms with Gasteiger partial charge in [0.15, 0.2) is 0 Å². The highest BCUT2D eigenvalue weighted by Gasteiger charge is 2.20. The summed E-state index contributed by atoms with van der Waals surface area (Å²) in [5, 5.41) is 20.1.